The molecular weight excluding hydrogens is 506 g/mol. The monoisotopic (exact) mass is 537 g/mol. The second-order valence-corrected chi connectivity index (χ2v) is 11.7. The van der Waals surface area contributed by atoms with E-state index in [9.17, 15) is 14.4 Å². The van der Waals surface area contributed by atoms with Crippen molar-refractivity contribution in [3.05, 3.63) is 51.8 Å². The minimum absolute atomic E-state index is 0.00580. The number of amides is 2. The summed E-state index contributed by atoms with van der Waals surface area (Å²) < 4.78 is 5.13. The Bertz CT molecular complexity index is 1260. The average molecular weight is 538 g/mol. The molecule has 0 atom stereocenters. The Morgan fingerprint density at radius 3 is 2.38 bits per heavy atom. The highest BCUT2D eigenvalue weighted by Gasteiger charge is 2.38. The highest BCUT2D eigenvalue weighted by molar-refractivity contribution is 7.18. The predicted octanol–water partition coefficient (Wildman–Crippen LogP) is 6.62. The minimum atomic E-state index is -0.423. The number of anilines is 2. The van der Waals surface area contributed by atoms with Crippen LogP contribution in [-0.4, -0.2) is 35.9 Å². The van der Waals surface area contributed by atoms with Gasteiger partial charge in [-0.3, -0.25) is 9.59 Å². The summed E-state index contributed by atoms with van der Waals surface area (Å²) in [6.45, 7) is 2.25. The lowest BCUT2D eigenvalue weighted by atomic mass is 9.81. The fourth-order valence-corrected chi connectivity index (χ4v) is 6.63. The van der Waals surface area contributed by atoms with Crippen molar-refractivity contribution < 1.29 is 19.1 Å². The van der Waals surface area contributed by atoms with Crippen LogP contribution in [0.3, 0.4) is 0 Å². The molecule has 194 valence electrons. The number of benzene rings is 1. The largest absolute Gasteiger partial charge is 0.465 e. The molecule has 0 radical (unpaired) electrons. The SMILES string of the molecule is COC(=O)c1sc(-c2ccc(NC(=O)c3cscn3)cc2)cc1N(C(=O)C1CCC(C)CC1)C1CCC1. The van der Waals surface area contributed by atoms with Crippen molar-refractivity contribution >= 4 is 51.8 Å². The van der Waals surface area contributed by atoms with E-state index in [1.54, 1.807) is 10.9 Å². The minimum Gasteiger partial charge on any atom is -0.465 e. The van der Waals surface area contributed by atoms with Crippen LogP contribution in [0.25, 0.3) is 10.4 Å². The molecule has 1 N–H and O–H groups in total. The number of aromatic nitrogens is 1. The summed E-state index contributed by atoms with van der Waals surface area (Å²) in [5.74, 6) is 0.131. The van der Waals surface area contributed by atoms with Gasteiger partial charge < -0.3 is 15.0 Å². The molecule has 2 saturated carbocycles. The van der Waals surface area contributed by atoms with Gasteiger partial charge in [0.2, 0.25) is 5.91 Å². The van der Waals surface area contributed by atoms with Crippen LogP contribution in [-0.2, 0) is 9.53 Å². The normalized spacial score (nSPS) is 19.6. The molecule has 0 saturated heterocycles. The van der Waals surface area contributed by atoms with Gasteiger partial charge in [0, 0.05) is 27.9 Å². The van der Waals surface area contributed by atoms with E-state index in [4.69, 9.17) is 4.74 Å². The smallest absolute Gasteiger partial charge is 0.350 e. The number of carbonyl (C=O) groups excluding carboxylic acids is 3. The van der Waals surface area contributed by atoms with Gasteiger partial charge in [0.05, 0.1) is 18.3 Å². The number of methoxy groups -OCH3 is 1. The predicted molar refractivity (Wildman–Crippen MR) is 147 cm³/mol. The van der Waals surface area contributed by atoms with Gasteiger partial charge in [-0.1, -0.05) is 19.1 Å². The number of thiophene rings is 1. The van der Waals surface area contributed by atoms with Crippen LogP contribution in [0, 0.1) is 11.8 Å². The summed E-state index contributed by atoms with van der Waals surface area (Å²) in [7, 11) is 1.38. The first-order valence-electron chi connectivity index (χ1n) is 12.8. The van der Waals surface area contributed by atoms with Crippen LogP contribution < -0.4 is 10.2 Å². The molecule has 5 rings (SSSR count). The quantitative estimate of drug-likeness (QED) is 0.342. The fraction of sp³-hybridized carbons (Fsp3) is 0.429. The average Bonchev–Trinajstić information content (AvgIpc) is 3.57. The van der Waals surface area contributed by atoms with Crippen LogP contribution in [0.15, 0.2) is 41.2 Å². The third kappa shape index (κ3) is 5.48. The zero-order valence-electron chi connectivity index (χ0n) is 21.1. The van der Waals surface area contributed by atoms with Crippen LogP contribution in [0.2, 0.25) is 0 Å². The fourth-order valence-electron chi connectivity index (χ4n) is 5.02. The number of nitrogens with one attached hydrogen (secondary N) is 1. The Morgan fingerprint density at radius 1 is 1.05 bits per heavy atom. The summed E-state index contributed by atoms with van der Waals surface area (Å²) >= 11 is 2.71. The van der Waals surface area contributed by atoms with Crippen molar-refractivity contribution in [1.29, 1.82) is 0 Å². The Hall–Kier alpha value is -3.04. The molecule has 7 nitrogen and oxygen atoms in total. The molecule has 0 aliphatic heterocycles. The topological polar surface area (TPSA) is 88.6 Å². The molecule has 2 fully saturated rings. The molecule has 0 unspecified atom stereocenters. The van der Waals surface area contributed by atoms with Crippen LogP contribution >= 0.6 is 22.7 Å². The first-order chi connectivity index (χ1) is 17.9. The molecule has 37 heavy (non-hydrogen) atoms. The highest BCUT2D eigenvalue weighted by atomic mass is 32.1. The lowest BCUT2D eigenvalue weighted by Gasteiger charge is -2.40. The van der Waals surface area contributed by atoms with E-state index in [-0.39, 0.29) is 23.8 Å². The van der Waals surface area contributed by atoms with Crippen LogP contribution in [0.5, 0.6) is 0 Å². The number of nitrogens with zero attached hydrogens (tertiary/aromatic N) is 2. The van der Waals surface area contributed by atoms with Gasteiger partial charge in [0.1, 0.15) is 10.6 Å². The van der Waals surface area contributed by atoms with E-state index in [2.05, 4.69) is 17.2 Å². The number of hydrogen-bond acceptors (Lipinski definition) is 7. The number of hydrogen-bond donors (Lipinski definition) is 1. The van der Waals surface area contributed by atoms with Gasteiger partial charge in [-0.2, -0.15) is 0 Å². The maximum absolute atomic E-state index is 13.8. The second-order valence-electron chi connectivity index (χ2n) is 9.97. The van der Waals surface area contributed by atoms with E-state index in [1.165, 1.54) is 29.8 Å². The third-order valence-electron chi connectivity index (χ3n) is 7.48. The number of thiazole rings is 1. The van der Waals surface area contributed by atoms with Gasteiger partial charge in [0.25, 0.3) is 5.91 Å². The third-order valence-corrected chi connectivity index (χ3v) is 9.22. The van der Waals surface area contributed by atoms with Gasteiger partial charge in [-0.05, 0) is 74.6 Å². The number of ether oxygens (including phenoxy) is 1. The summed E-state index contributed by atoms with van der Waals surface area (Å²) in [6, 6.07) is 9.56. The van der Waals surface area contributed by atoms with E-state index < -0.39 is 5.97 Å². The zero-order chi connectivity index (χ0) is 25.9. The van der Waals surface area contributed by atoms with E-state index >= 15 is 0 Å². The van der Waals surface area contributed by atoms with E-state index in [1.807, 2.05) is 35.2 Å². The number of esters is 1. The Morgan fingerprint density at radius 2 is 1.78 bits per heavy atom. The second kappa shape index (κ2) is 11.1. The number of rotatable bonds is 7. The molecule has 9 heteroatoms. The molecule has 1 aromatic carbocycles. The first kappa shape index (κ1) is 25.6. The molecule has 2 amide bonds. The van der Waals surface area contributed by atoms with E-state index in [0.717, 1.165) is 55.4 Å². The standard InChI is InChI=1S/C28H31N3O4S2/c1-17-6-8-19(9-7-17)27(33)31(21-4-3-5-21)23-14-24(37-25(23)28(34)35-2)18-10-12-20(13-11-18)30-26(32)22-15-36-16-29-22/h10-17,19,21H,3-9H2,1-2H3,(H,30,32). The molecule has 2 aliphatic rings. The van der Waals surface area contributed by atoms with Gasteiger partial charge in [-0.25, -0.2) is 9.78 Å². The lowest BCUT2D eigenvalue weighted by Crippen LogP contribution is -2.48. The van der Waals surface area contributed by atoms with Gasteiger partial charge >= 0.3 is 5.97 Å². The summed E-state index contributed by atoms with van der Waals surface area (Å²) in [6.07, 6.45) is 6.94. The van der Waals surface area contributed by atoms with E-state index in [0.29, 0.717) is 27.9 Å². The molecule has 0 spiro atoms. The summed E-state index contributed by atoms with van der Waals surface area (Å²) in [5, 5.41) is 4.55. The Kier molecular flexibility index (Phi) is 7.71. The maximum Gasteiger partial charge on any atom is 0.350 e. The summed E-state index contributed by atoms with van der Waals surface area (Å²) in [5.41, 5.74) is 4.23. The highest BCUT2D eigenvalue weighted by Crippen LogP contribution is 2.43. The lowest BCUT2D eigenvalue weighted by molar-refractivity contribution is -0.124. The Labute approximate surface area is 224 Å². The molecular formula is C28H31N3O4S2. The van der Waals surface area contributed by atoms with Crippen LogP contribution in [0.4, 0.5) is 11.4 Å². The van der Waals surface area contributed by atoms with Gasteiger partial charge in [0.15, 0.2) is 0 Å². The number of carbonyl (C=O) groups is 3. The van der Waals surface area contributed by atoms with Crippen molar-refractivity contribution in [2.24, 2.45) is 11.8 Å². The van der Waals surface area contributed by atoms with Crippen molar-refractivity contribution in [1.82, 2.24) is 4.98 Å². The van der Waals surface area contributed by atoms with Gasteiger partial charge in [-0.15, -0.1) is 22.7 Å². The molecule has 2 heterocycles. The molecule has 2 aliphatic carbocycles. The van der Waals surface area contributed by atoms with Crippen molar-refractivity contribution in [2.75, 3.05) is 17.3 Å². The zero-order valence-corrected chi connectivity index (χ0v) is 22.7. The molecule has 3 aromatic rings. The molecule has 0 bridgehead atoms. The van der Waals surface area contributed by atoms with Crippen molar-refractivity contribution in [3.63, 3.8) is 0 Å². The summed E-state index contributed by atoms with van der Waals surface area (Å²) in [4.78, 5) is 46.3. The van der Waals surface area contributed by atoms with Crippen molar-refractivity contribution in [2.45, 2.75) is 57.9 Å². The van der Waals surface area contributed by atoms with Crippen LogP contribution in [0.1, 0.15) is 72.0 Å². The molecule has 2 aromatic heterocycles. The van der Waals surface area contributed by atoms with Crippen molar-refractivity contribution in [3.8, 4) is 10.4 Å². The first-order valence-corrected chi connectivity index (χ1v) is 14.6. The maximum atomic E-state index is 13.8. The Balaban J connectivity index is 1.43.